The third kappa shape index (κ3) is 5.47. The second kappa shape index (κ2) is 10.1. The normalized spacial score (nSPS) is 14.9. The number of anilines is 1. The minimum absolute atomic E-state index is 0.0730. The number of rotatable bonds is 7. The van der Waals surface area contributed by atoms with Gasteiger partial charge in [0.05, 0.1) is 6.54 Å². The lowest BCUT2D eigenvalue weighted by Crippen LogP contribution is -2.35. The van der Waals surface area contributed by atoms with Gasteiger partial charge < -0.3 is 5.32 Å². The average molecular weight is 449 g/mol. The Morgan fingerprint density at radius 1 is 1.03 bits per heavy atom. The van der Waals surface area contributed by atoms with Crippen molar-refractivity contribution in [2.75, 3.05) is 18.4 Å². The van der Waals surface area contributed by atoms with Crippen molar-refractivity contribution in [1.29, 1.82) is 0 Å². The molecule has 1 amide bonds. The lowest BCUT2D eigenvalue weighted by atomic mass is 9.88. The van der Waals surface area contributed by atoms with Crippen LogP contribution in [0.1, 0.15) is 56.1 Å². The van der Waals surface area contributed by atoms with Crippen LogP contribution in [0.15, 0.2) is 48.5 Å². The Balaban J connectivity index is 1.28. The molecular formula is C25H28N4O2S. The second-order valence-electron chi connectivity index (χ2n) is 8.29. The predicted molar refractivity (Wildman–Crippen MR) is 127 cm³/mol. The third-order valence-electron chi connectivity index (χ3n) is 5.93. The quantitative estimate of drug-likeness (QED) is 0.528. The molecule has 7 heteroatoms. The number of piperidine rings is 1. The molecule has 0 aliphatic carbocycles. The number of aryl methyl sites for hydroxylation is 2. The van der Waals surface area contributed by atoms with Crippen LogP contribution < -0.4 is 5.32 Å². The van der Waals surface area contributed by atoms with Crippen molar-refractivity contribution in [3.05, 3.63) is 75.2 Å². The summed E-state index contributed by atoms with van der Waals surface area (Å²) in [6, 6.07) is 15.7. The molecule has 166 valence electrons. The molecule has 0 bridgehead atoms. The van der Waals surface area contributed by atoms with Crippen molar-refractivity contribution in [2.45, 2.75) is 39.7 Å². The lowest BCUT2D eigenvalue weighted by molar-refractivity contribution is 0.0834. The maximum atomic E-state index is 12.8. The highest BCUT2D eigenvalue weighted by Crippen LogP contribution is 2.24. The summed E-state index contributed by atoms with van der Waals surface area (Å²) in [5, 5.41) is 12.4. The van der Waals surface area contributed by atoms with Crippen LogP contribution in [0.2, 0.25) is 0 Å². The summed E-state index contributed by atoms with van der Waals surface area (Å²) >= 11 is 1.32. The second-order valence-corrected chi connectivity index (χ2v) is 9.35. The number of carbonyl (C=O) groups excluding carboxylic acids is 2. The third-order valence-corrected chi connectivity index (χ3v) is 6.84. The van der Waals surface area contributed by atoms with Crippen LogP contribution in [0.25, 0.3) is 0 Å². The van der Waals surface area contributed by atoms with Gasteiger partial charge in [0.15, 0.2) is 5.78 Å². The molecule has 1 saturated heterocycles. The number of hydrogen-bond acceptors (Lipinski definition) is 6. The molecule has 0 radical (unpaired) electrons. The van der Waals surface area contributed by atoms with Crippen molar-refractivity contribution in [1.82, 2.24) is 15.1 Å². The zero-order valence-corrected chi connectivity index (χ0v) is 19.3. The summed E-state index contributed by atoms with van der Waals surface area (Å²) in [7, 11) is 0. The van der Waals surface area contributed by atoms with Gasteiger partial charge in [0.2, 0.25) is 5.01 Å². The summed E-state index contributed by atoms with van der Waals surface area (Å²) in [6.07, 6.45) is 2.64. The van der Waals surface area contributed by atoms with Gasteiger partial charge in [-0.05, 0) is 57.0 Å². The first-order chi connectivity index (χ1) is 15.5. The fourth-order valence-electron chi connectivity index (χ4n) is 3.92. The van der Waals surface area contributed by atoms with Crippen molar-refractivity contribution >= 4 is 28.7 Å². The predicted octanol–water partition coefficient (Wildman–Crippen LogP) is 4.76. The van der Waals surface area contributed by atoms with Gasteiger partial charge in [0.25, 0.3) is 5.91 Å². The Kier molecular flexibility index (Phi) is 7.07. The van der Waals surface area contributed by atoms with Gasteiger partial charge in [-0.1, -0.05) is 60.2 Å². The van der Waals surface area contributed by atoms with E-state index in [1.54, 1.807) is 0 Å². The first-order valence-electron chi connectivity index (χ1n) is 11.1. The van der Waals surface area contributed by atoms with Gasteiger partial charge >= 0.3 is 0 Å². The molecule has 3 aromatic rings. The summed E-state index contributed by atoms with van der Waals surface area (Å²) in [5.41, 5.74) is 3.95. The average Bonchev–Trinajstić information content (AvgIpc) is 3.29. The minimum atomic E-state index is -0.236. The van der Waals surface area contributed by atoms with Crippen molar-refractivity contribution in [3.8, 4) is 0 Å². The minimum Gasteiger partial charge on any atom is -0.320 e. The van der Waals surface area contributed by atoms with Crippen LogP contribution in [0, 0.1) is 12.8 Å². The van der Waals surface area contributed by atoms with Crippen LogP contribution in [0.4, 0.5) is 5.69 Å². The number of nitrogens with zero attached hydrogens (tertiary/aromatic N) is 3. The van der Waals surface area contributed by atoms with Crippen LogP contribution in [-0.2, 0) is 13.0 Å². The summed E-state index contributed by atoms with van der Waals surface area (Å²) in [4.78, 5) is 27.5. The maximum absolute atomic E-state index is 12.8. The van der Waals surface area contributed by atoms with Crippen LogP contribution in [0.3, 0.4) is 0 Å². The van der Waals surface area contributed by atoms with Gasteiger partial charge in [0.1, 0.15) is 5.01 Å². The zero-order chi connectivity index (χ0) is 22.5. The lowest BCUT2D eigenvalue weighted by Gasteiger charge is -2.30. The Labute approximate surface area is 192 Å². The van der Waals surface area contributed by atoms with Gasteiger partial charge in [-0.15, -0.1) is 10.2 Å². The number of Topliss-reactive ketones (excluding diaryl/α,β-unsaturated/α-hetero) is 1. The van der Waals surface area contributed by atoms with Crippen LogP contribution in [-0.4, -0.2) is 39.9 Å². The SMILES string of the molecule is CCc1ccc(NC(=O)c2nnc(CN3CCC(C(=O)c4ccc(C)cc4)CC3)s2)cc1. The molecule has 1 aliphatic rings. The first kappa shape index (κ1) is 22.3. The first-order valence-corrected chi connectivity index (χ1v) is 11.9. The van der Waals surface area contributed by atoms with Crippen molar-refractivity contribution < 1.29 is 9.59 Å². The Morgan fingerprint density at radius 2 is 1.72 bits per heavy atom. The van der Waals surface area contributed by atoms with Crippen LogP contribution >= 0.6 is 11.3 Å². The van der Waals surface area contributed by atoms with E-state index in [9.17, 15) is 9.59 Å². The number of carbonyl (C=O) groups is 2. The molecule has 4 rings (SSSR count). The van der Waals surface area contributed by atoms with Gasteiger partial charge in [-0.25, -0.2) is 0 Å². The zero-order valence-electron chi connectivity index (χ0n) is 18.5. The molecule has 0 atom stereocenters. The molecule has 0 spiro atoms. The molecule has 1 aliphatic heterocycles. The summed E-state index contributed by atoms with van der Waals surface area (Å²) in [6.45, 7) is 6.46. The molecule has 1 N–H and O–H groups in total. The van der Waals surface area contributed by atoms with E-state index < -0.39 is 0 Å². The molecule has 1 fully saturated rings. The van der Waals surface area contributed by atoms with E-state index in [4.69, 9.17) is 0 Å². The largest absolute Gasteiger partial charge is 0.320 e. The van der Waals surface area contributed by atoms with E-state index in [0.717, 1.165) is 54.2 Å². The Morgan fingerprint density at radius 3 is 2.38 bits per heavy atom. The molecule has 1 aromatic heterocycles. The molecular weight excluding hydrogens is 420 g/mol. The highest BCUT2D eigenvalue weighted by molar-refractivity contribution is 7.13. The molecule has 0 saturated carbocycles. The number of aromatic nitrogens is 2. The molecule has 32 heavy (non-hydrogen) atoms. The van der Waals surface area contributed by atoms with Crippen molar-refractivity contribution in [3.63, 3.8) is 0 Å². The smallest absolute Gasteiger partial charge is 0.286 e. The van der Waals surface area contributed by atoms with E-state index in [2.05, 4.69) is 27.3 Å². The molecule has 0 unspecified atom stereocenters. The highest BCUT2D eigenvalue weighted by Gasteiger charge is 2.26. The maximum Gasteiger partial charge on any atom is 0.286 e. The number of likely N-dealkylation sites (tertiary alicyclic amines) is 1. The molecule has 6 nitrogen and oxygen atoms in total. The fourth-order valence-corrected chi connectivity index (χ4v) is 4.69. The standard InChI is InChI=1S/C25H28N4O2S/c1-3-18-6-10-21(11-7-18)26-24(31)25-28-27-22(32-25)16-29-14-12-20(13-15-29)23(30)19-8-4-17(2)5-9-19/h4-11,20H,3,12-16H2,1-2H3,(H,26,31). The number of nitrogens with one attached hydrogen (secondary N) is 1. The monoisotopic (exact) mass is 448 g/mol. The molecule has 2 aromatic carbocycles. The van der Waals surface area contributed by atoms with E-state index in [0.29, 0.717) is 11.6 Å². The van der Waals surface area contributed by atoms with Gasteiger partial charge in [-0.2, -0.15) is 0 Å². The van der Waals surface area contributed by atoms with E-state index in [1.165, 1.54) is 16.9 Å². The number of amides is 1. The van der Waals surface area contributed by atoms with Gasteiger partial charge in [-0.3, -0.25) is 14.5 Å². The van der Waals surface area contributed by atoms with E-state index >= 15 is 0 Å². The Bertz CT molecular complexity index is 1070. The molecule has 2 heterocycles. The number of hydrogen-bond donors (Lipinski definition) is 1. The van der Waals surface area contributed by atoms with Gasteiger partial charge in [0, 0.05) is 17.2 Å². The van der Waals surface area contributed by atoms with Crippen molar-refractivity contribution in [2.24, 2.45) is 5.92 Å². The number of ketones is 1. The van der Waals surface area contributed by atoms with E-state index in [1.807, 2.05) is 55.5 Å². The Hall–Kier alpha value is -2.90. The summed E-state index contributed by atoms with van der Waals surface area (Å²) in [5.74, 6) is 0.0794. The topological polar surface area (TPSA) is 75.2 Å². The summed E-state index contributed by atoms with van der Waals surface area (Å²) < 4.78 is 0. The van der Waals surface area contributed by atoms with Crippen LogP contribution in [0.5, 0.6) is 0 Å². The van der Waals surface area contributed by atoms with E-state index in [-0.39, 0.29) is 17.6 Å². The highest BCUT2D eigenvalue weighted by atomic mass is 32.1. The number of benzene rings is 2. The fraction of sp³-hybridized carbons (Fsp3) is 0.360.